The van der Waals surface area contributed by atoms with Crippen molar-refractivity contribution in [1.82, 2.24) is 14.9 Å². The van der Waals surface area contributed by atoms with Crippen molar-refractivity contribution >= 4 is 23.4 Å². The first-order chi connectivity index (χ1) is 13.8. The van der Waals surface area contributed by atoms with Crippen LogP contribution in [0, 0.1) is 0 Å². The highest BCUT2D eigenvalue weighted by Gasteiger charge is 2.35. The smallest absolute Gasteiger partial charge is 0.410 e. The summed E-state index contributed by atoms with van der Waals surface area (Å²) in [7, 11) is 2.05. The lowest BCUT2D eigenvalue weighted by atomic mass is 9.97. The Labute approximate surface area is 170 Å². The molecular formula is C21H27N5O3. The van der Waals surface area contributed by atoms with E-state index >= 15 is 0 Å². The van der Waals surface area contributed by atoms with Crippen molar-refractivity contribution in [1.29, 1.82) is 0 Å². The minimum Gasteiger partial charge on any atom is -0.490 e. The second kappa shape index (κ2) is 7.42. The molecule has 29 heavy (non-hydrogen) atoms. The van der Waals surface area contributed by atoms with Gasteiger partial charge in [0.2, 0.25) is 5.95 Å². The Kier molecular flexibility index (Phi) is 4.94. The van der Waals surface area contributed by atoms with Crippen LogP contribution in [0.5, 0.6) is 5.75 Å². The molecule has 1 saturated heterocycles. The van der Waals surface area contributed by atoms with Crippen LogP contribution in [0.2, 0.25) is 0 Å². The van der Waals surface area contributed by atoms with Crippen molar-refractivity contribution in [3.8, 4) is 5.75 Å². The number of nitrogens with one attached hydrogen (secondary N) is 1. The quantitative estimate of drug-likeness (QED) is 0.850. The van der Waals surface area contributed by atoms with Gasteiger partial charge in [0.1, 0.15) is 18.0 Å². The molecule has 1 fully saturated rings. The van der Waals surface area contributed by atoms with Crippen LogP contribution >= 0.6 is 0 Å². The Hall–Kier alpha value is -3.03. The van der Waals surface area contributed by atoms with Crippen LogP contribution in [0.25, 0.3) is 0 Å². The van der Waals surface area contributed by atoms with Gasteiger partial charge in [-0.15, -0.1) is 0 Å². The summed E-state index contributed by atoms with van der Waals surface area (Å²) in [5, 5.41) is 3.27. The topological polar surface area (TPSA) is 79.8 Å². The lowest BCUT2D eigenvalue weighted by Crippen LogP contribution is -2.50. The van der Waals surface area contributed by atoms with E-state index in [1.165, 1.54) is 0 Å². The fraction of sp³-hybridized carbons (Fsp3) is 0.476. The standard InChI is InChI=1S/C21H27N5O3/c1-21(2,3)29-20(27)26-12-14(13-26)16-7-8-22-19(24-16)23-15-5-6-18-17(11-15)25(4)9-10-28-18/h5-8,11,14H,9-10,12-13H2,1-4H3,(H,22,23,24). The molecule has 0 saturated carbocycles. The number of likely N-dealkylation sites (N-methyl/N-ethyl adjacent to an activating group) is 1. The Morgan fingerprint density at radius 2 is 2.07 bits per heavy atom. The Bertz CT molecular complexity index is 905. The van der Waals surface area contributed by atoms with Gasteiger partial charge in [0, 0.05) is 37.9 Å². The molecule has 0 spiro atoms. The Balaban J connectivity index is 1.40. The Morgan fingerprint density at radius 3 is 2.83 bits per heavy atom. The van der Waals surface area contributed by atoms with Gasteiger partial charge in [0.05, 0.1) is 17.9 Å². The van der Waals surface area contributed by atoms with Crippen LogP contribution in [0.1, 0.15) is 32.4 Å². The maximum absolute atomic E-state index is 12.1. The summed E-state index contributed by atoms with van der Waals surface area (Å²) < 4.78 is 11.1. The molecular weight excluding hydrogens is 370 g/mol. The molecule has 2 aliphatic heterocycles. The molecule has 2 aromatic rings. The van der Waals surface area contributed by atoms with Crippen LogP contribution in [0.4, 0.5) is 22.1 Å². The number of aromatic nitrogens is 2. The first kappa shape index (κ1) is 19.3. The zero-order valence-corrected chi connectivity index (χ0v) is 17.3. The van der Waals surface area contributed by atoms with E-state index in [-0.39, 0.29) is 12.0 Å². The highest BCUT2D eigenvalue weighted by molar-refractivity contribution is 5.70. The van der Waals surface area contributed by atoms with Gasteiger partial charge in [-0.2, -0.15) is 0 Å². The number of amides is 1. The van der Waals surface area contributed by atoms with E-state index in [1.54, 1.807) is 11.1 Å². The zero-order chi connectivity index (χ0) is 20.6. The van der Waals surface area contributed by atoms with Crippen LogP contribution in [-0.4, -0.2) is 59.9 Å². The van der Waals surface area contributed by atoms with Crippen molar-refractivity contribution < 1.29 is 14.3 Å². The second-order valence-electron chi connectivity index (χ2n) is 8.46. The number of likely N-dealkylation sites (tertiary alicyclic amines) is 1. The van der Waals surface area contributed by atoms with Crippen molar-refractivity contribution in [2.75, 3.05) is 43.5 Å². The van der Waals surface area contributed by atoms with E-state index in [9.17, 15) is 4.79 Å². The average molecular weight is 397 g/mol. The first-order valence-electron chi connectivity index (χ1n) is 9.84. The first-order valence-corrected chi connectivity index (χ1v) is 9.84. The van der Waals surface area contributed by atoms with Crippen molar-refractivity contribution in [3.05, 3.63) is 36.2 Å². The summed E-state index contributed by atoms with van der Waals surface area (Å²) in [6, 6.07) is 7.86. The summed E-state index contributed by atoms with van der Waals surface area (Å²) >= 11 is 0. The van der Waals surface area contributed by atoms with E-state index in [0.717, 1.165) is 29.4 Å². The fourth-order valence-electron chi connectivity index (χ4n) is 3.36. The van der Waals surface area contributed by atoms with Crippen LogP contribution in [0.15, 0.2) is 30.5 Å². The highest BCUT2D eigenvalue weighted by Crippen LogP contribution is 2.34. The van der Waals surface area contributed by atoms with Crippen molar-refractivity contribution in [2.45, 2.75) is 32.3 Å². The van der Waals surface area contributed by atoms with Crippen molar-refractivity contribution in [3.63, 3.8) is 0 Å². The molecule has 1 aromatic carbocycles. The maximum atomic E-state index is 12.1. The van der Waals surface area contributed by atoms with E-state index in [2.05, 4.69) is 27.2 Å². The summed E-state index contributed by atoms with van der Waals surface area (Å²) in [6.45, 7) is 8.37. The number of benzene rings is 1. The molecule has 4 rings (SSSR count). The lowest BCUT2D eigenvalue weighted by molar-refractivity contribution is 0.00788. The predicted octanol–water partition coefficient (Wildman–Crippen LogP) is 3.38. The number of hydrogen-bond donors (Lipinski definition) is 1. The Morgan fingerprint density at radius 1 is 1.28 bits per heavy atom. The van der Waals surface area contributed by atoms with Gasteiger partial charge in [0.25, 0.3) is 0 Å². The third-order valence-corrected chi connectivity index (χ3v) is 4.94. The van der Waals surface area contributed by atoms with Gasteiger partial charge in [-0.1, -0.05) is 0 Å². The van der Waals surface area contributed by atoms with Gasteiger partial charge in [-0.25, -0.2) is 14.8 Å². The fourth-order valence-corrected chi connectivity index (χ4v) is 3.36. The SMILES string of the molecule is CN1CCOc2ccc(Nc3nccc(C4CN(C(=O)OC(C)(C)C)C4)n3)cc21. The molecule has 0 bridgehead atoms. The minimum absolute atomic E-state index is 0.189. The monoisotopic (exact) mass is 397 g/mol. The third kappa shape index (κ3) is 4.36. The third-order valence-electron chi connectivity index (χ3n) is 4.94. The molecule has 1 amide bonds. The average Bonchev–Trinajstić information content (AvgIpc) is 2.60. The van der Waals surface area contributed by atoms with Gasteiger partial charge in [-0.3, -0.25) is 0 Å². The number of carbonyl (C=O) groups is 1. The molecule has 8 heteroatoms. The van der Waals surface area contributed by atoms with Crippen molar-refractivity contribution in [2.24, 2.45) is 0 Å². The highest BCUT2D eigenvalue weighted by atomic mass is 16.6. The van der Waals surface area contributed by atoms with Crippen LogP contribution in [-0.2, 0) is 4.74 Å². The number of fused-ring (bicyclic) bond motifs is 1. The molecule has 0 radical (unpaired) electrons. The maximum Gasteiger partial charge on any atom is 0.410 e. The molecule has 8 nitrogen and oxygen atoms in total. The number of carbonyl (C=O) groups excluding carboxylic acids is 1. The molecule has 154 valence electrons. The van der Waals surface area contributed by atoms with Gasteiger partial charge in [-0.05, 0) is 45.0 Å². The second-order valence-corrected chi connectivity index (χ2v) is 8.46. The van der Waals surface area contributed by atoms with E-state index < -0.39 is 5.60 Å². The van der Waals surface area contributed by atoms with Gasteiger partial charge < -0.3 is 24.6 Å². The van der Waals surface area contributed by atoms with Gasteiger partial charge in [0.15, 0.2) is 0 Å². The number of nitrogens with zero attached hydrogens (tertiary/aromatic N) is 4. The summed E-state index contributed by atoms with van der Waals surface area (Å²) in [4.78, 5) is 25.0. The number of ether oxygens (including phenoxy) is 2. The number of anilines is 3. The molecule has 1 N–H and O–H groups in total. The molecule has 2 aliphatic rings. The minimum atomic E-state index is -0.484. The molecule has 1 aromatic heterocycles. The number of rotatable bonds is 3. The molecule has 0 aliphatic carbocycles. The molecule has 0 atom stereocenters. The zero-order valence-electron chi connectivity index (χ0n) is 17.3. The molecule has 0 unspecified atom stereocenters. The predicted molar refractivity (Wildman–Crippen MR) is 111 cm³/mol. The summed E-state index contributed by atoms with van der Waals surface area (Å²) in [5.74, 6) is 1.61. The largest absolute Gasteiger partial charge is 0.490 e. The van der Waals surface area contributed by atoms with Crippen LogP contribution < -0.4 is 15.0 Å². The normalized spacial score (nSPS) is 16.6. The van der Waals surface area contributed by atoms with Crippen LogP contribution in [0.3, 0.4) is 0 Å². The van der Waals surface area contributed by atoms with E-state index in [1.807, 2.05) is 45.0 Å². The summed E-state index contributed by atoms with van der Waals surface area (Å²) in [5.41, 5.74) is 2.38. The number of hydrogen-bond acceptors (Lipinski definition) is 7. The van der Waals surface area contributed by atoms with Gasteiger partial charge >= 0.3 is 6.09 Å². The van der Waals surface area contributed by atoms with E-state index in [4.69, 9.17) is 9.47 Å². The lowest BCUT2D eigenvalue weighted by Gasteiger charge is -2.39. The molecule has 3 heterocycles. The van der Waals surface area contributed by atoms with E-state index in [0.29, 0.717) is 25.6 Å². The summed E-state index contributed by atoms with van der Waals surface area (Å²) in [6.07, 6.45) is 1.47.